The Labute approximate surface area is 177 Å². The molecule has 0 spiro atoms. The van der Waals surface area contributed by atoms with Gasteiger partial charge < -0.3 is 15.2 Å². The lowest BCUT2D eigenvalue weighted by atomic mass is 10.0. The molecule has 0 unspecified atom stereocenters. The number of nitrogens with zero attached hydrogens (tertiary/aromatic N) is 3. The highest BCUT2D eigenvalue weighted by Crippen LogP contribution is 2.23. The van der Waals surface area contributed by atoms with Gasteiger partial charge in [-0.1, -0.05) is 0 Å². The zero-order valence-electron chi connectivity index (χ0n) is 16.7. The number of hydrogen-bond donors (Lipinski definition) is 2. The van der Waals surface area contributed by atoms with Crippen LogP contribution in [0.1, 0.15) is 29.6 Å². The van der Waals surface area contributed by atoms with Gasteiger partial charge in [0.1, 0.15) is 5.82 Å². The van der Waals surface area contributed by atoms with Gasteiger partial charge in [-0.2, -0.15) is 0 Å². The molecule has 0 saturated carbocycles. The van der Waals surface area contributed by atoms with E-state index in [1.807, 2.05) is 23.1 Å². The van der Waals surface area contributed by atoms with Crippen LogP contribution in [-0.2, 0) is 0 Å². The lowest BCUT2D eigenvalue weighted by molar-refractivity contribution is 0.0628. The fourth-order valence-corrected chi connectivity index (χ4v) is 4.15. The van der Waals surface area contributed by atoms with E-state index in [4.69, 9.17) is 0 Å². The van der Waals surface area contributed by atoms with E-state index >= 15 is 0 Å². The van der Waals surface area contributed by atoms with Crippen LogP contribution in [0.3, 0.4) is 0 Å². The van der Waals surface area contributed by atoms with E-state index in [9.17, 15) is 13.6 Å². The normalized spacial score (nSPS) is 16.7. The molecule has 6 nitrogen and oxygen atoms in total. The summed E-state index contributed by atoms with van der Waals surface area (Å²) >= 11 is 0. The third-order valence-electron chi connectivity index (χ3n) is 5.81. The third kappa shape index (κ3) is 3.81. The van der Waals surface area contributed by atoms with Crippen molar-refractivity contribution in [3.8, 4) is 0 Å². The molecule has 0 aliphatic carbocycles. The van der Waals surface area contributed by atoms with Gasteiger partial charge in [-0.15, -0.1) is 0 Å². The number of hydrogen-bond acceptors (Lipinski definition) is 4. The van der Waals surface area contributed by atoms with Gasteiger partial charge in [-0.05, 0) is 55.7 Å². The number of fused-ring (bicyclic) bond motifs is 2. The summed E-state index contributed by atoms with van der Waals surface area (Å²) in [6.07, 6.45) is 4.51. The lowest BCUT2D eigenvalue weighted by Gasteiger charge is -2.36. The van der Waals surface area contributed by atoms with Crippen molar-refractivity contribution >= 4 is 33.7 Å². The molecule has 3 heterocycles. The number of anilines is 1. The highest BCUT2D eigenvalue weighted by atomic mass is 19.2. The van der Waals surface area contributed by atoms with Crippen LogP contribution in [0.25, 0.3) is 21.9 Å². The number of carbonyl (C=O) groups is 1. The molecule has 1 fully saturated rings. The number of amides is 1. The van der Waals surface area contributed by atoms with E-state index < -0.39 is 11.6 Å². The molecule has 2 aromatic carbocycles. The quantitative estimate of drug-likeness (QED) is 0.509. The minimum Gasteiger partial charge on any atom is -0.368 e. The van der Waals surface area contributed by atoms with Crippen molar-refractivity contribution in [3.63, 3.8) is 0 Å². The van der Waals surface area contributed by atoms with Crippen molar-refractivity contribution in [2.24, 2.45) is 0 Å². The number of pyridine rings is 1. The van der Waals surface area contributed by atoms with Crippen molar-refractivity contribution < 1.29 is 13.6 Å². The predicted octanol–water partition coefficient (Wildman–Crippen LogP) is 4.50. The number of benzene rings is 2. The molecule has 2 aromatic heterocycles. The van der Waals surface area contributed by atoms with Gasteiger partial charge in [0, 0.05) is 36.1 Å². The highest BCUT2D eigenvalue weighted by molar-refractivity contribution is 5.97. The summed E-state index contributed by atoms with van der Waals surface area (Å²) < 4.78 is 27.0. The Morgan fingerprint density at radius 1 is 1.10 bits per heavy atom. The minimum absolute atomic E-state index is 0.00739. The van der Waals surface area contributed by atoms with Gasteiger partial charge in [0.2, 0.25) is 0 Å². The Balaban J connectivity index is 1.33. The first-order valence-electron chi connectivity index (χ1n) is 10.3. The maximum absolute atomic E-state index is 13.5. The van der Waals surface area contributed by atoms with E-state index in [2.05, 4.69) is 20.3 Å². The number of carbonyl (C=O) groups excluding carboxylic acids is 1. The Kier molecular flexibility index (Phi) is 4.97. The minimum atomic E-state index is -0.921. The van der Waals surface area contributed by atoms with E-state index in [-0.39, 0.29) is 11.9 Å². The SMILES string of the molecule is O=C(c1ccc2nc[nH]c2c1)N1CCCC[C@H]1CNc1ccc2cc(F)c(F)cc2n1. The molecule has 8 heteroatoms. The van der Waals surface area contributed by atoms with Gasteiger partial charge in [0.05, 0.1) is 22.9 Å². The monoisotopic (exact) mass is 421 g/mol. The Morgan fingerprint density at radius 2 is 1.97 bits per heavy atom. The van der Waals surface area contributed by atoms with Crippen molar-refractivity contribution in [1.82, 2.24) is 19.9 Å². The summed E-state index contributed by atoms with van der Waals surface area (Å²) in [5.74, 6) is -1.25. The summed E-state index contributed by atoms with van der Waals surface area (Å²) in [7, 11) is 0. The number of H-pyrrole nitrogens is 1. The van der Waals surface area contributed by atoms with Gasteiger partial charge in [0.15, 0.2) is 11.6 Å². The number of aromatic nitrogens is 3. The number of imidazole rings is 1. The van der Waals surface area contributed by atoms with Gasteiger partial charge in [0.25, 0.3) is 5.91 Å². The van der Waals surface area contributed by atoms with Crippen molar-refractivity contribution in [1.29, 1.82) is 0 Å². The number of nitrogens with one attached hydrogen (secondary N) is 2. The molecule has 1 atom stereocenters. The molecule has 0 bridgehead atoms. The van der Waals surface area contributed by atoms with Crippen molar-refractivity contribution in [2.75, 3.05) is 18.4 Å². The Morgan fingerprint density at radius 3 is 2.87 bits per heavy atom. The van der Waals surface area contributed by atoms with E-state index in [1.54, 1.807) is 18.5 Å². The fourth-order valence-electron chi connectivity index (χ4n) is 4.15. The smallest absolute Gasteiger partial charge is 0.254 e. The molecule has 1 saturated heterocycles. The molecular weight excluding hydrogens is 400 g/mol. The second-order valence-corrected chi connectivity index (χ2v) is 7.82. The zero-order chi connectivity index (χ0) is 21.4. The fraction of sp³-hybridized carbons (Fsp3) is 0.261. The molecule has 1 aliphatic rings. The molecule has 1 amide bonds. The Bertz CT molecular complexity index is 1270. The molecular formula is C23H21F2N5O. The first-order valence-corrected chi connectivity index (χ1v) is 10.3. The number of likely N-dealkylation sites (tertiary alicyclic amines) is 1. The molecule has 4 aromatic rings. The van der Waals surface area contributed by atoms with Crippen LogP contribution in [0.4, 0.5) is 14.6 Å². The van der Waals surface area contributed by atoms with Gasteiger partial charge in [-0.3, -0.25) is 4.79 Å². The third-order valence-corrected chi connectivity index (χ3v) is 5.81. The maximum Gasteiger partial charge on any atom is 0.254 e. The van der Waals surface area contributed by atoms with Crippen LogP contribution in [-0.4, -0.2) is 44.9 Å². The summed E-state index contributed by atoms with van der Waals surface area (Å²) in [5.41, 5.74) is 2.67. The summed E-state index contributed by atoms with van der Waals surface area (Å²) in [4.78, 5) is 26.7. The second kappa shape index (κ2) is 7.94. The molecule has 0 radical (unpaired) electrons. The summed E-state index contributed by atoms with van der Waals surface area (Å²) in [5, 5.41) is 3.80. The van der Waals surface area contributed by atoms with E-state index in [0.29, 0.717) is 35.4 Å². The summed E-state index contributed by atoms with van der Waals surface area (Å²) in [6.45, 7) is 1.22. The number of halogens is 2. The highest BCUT2D eigenvalue weighted by Gasteiger charge is 2.27. The van der Waals surface area contributed by atoms with Crippen molar-refractivity contribution in [2.45, 2.75) is 25.3 Å². The first-order chi connectivity index (χ1) is 15.1. The lowest BCUT2D eigenvalue weighted by Crippen LogP contribution is -2.47. The van der Waals surface area contributed by atoms with E-state index in [0.717, 1.165) is 42.4 Å². The van der Waals surface area contributed by atoms with Gasteiger partial charge in [-0.25, -0.2) is 18.7 Å². The second-order valence-electron chi connectivity index (χ2n) is 7.82. The van der Waals surface area contributed by atoms with Gasteiger partial charge >= 0.3 is 0 Å². The number of aromatic amines is 1. The van der Waals surface area contributed by atoms with Crippen LogP contribution in [0, 0.1) is 11.6 Å². The molecule has 5 rings (SSSR count). The zero-order valence-corrected chi connectivity index (χ0v) is 16.7. The van der Waals surface area contributed by atoms with E-state index in [1.165, 1.54) is 0 Å². The van der Waals surface area contributed by atoms with Crippen LogP contribution in [0.15, 0.2) is 48.8 Å². The standard InChI is InChI=1S/C23H21F2N5O/c24-17-9-14-5-7-22(29-20(14)11-18(17)25)26-12-16-3-1-2-8-30(16)23(31)15-4-6-19-21(10-15)28-13-27-19/h4-7,9-11,13,16H,1-3,8,12H2,(H,26,29)(H,27,28)/t16-/m0/s1. The average molecular weight is 421 g/mol. The summed E-state index contributed by atoms with van der Waals surface area (Å²) in [6, 6.07) is 11.2. The molecule has 158 valence electrons. The number of rotatable bonds is 4. The molecule has 2 N–H and O–H groups in total. The molecule has 31 heavy (non-hydrogen) atoms. The first kappa shape index (κ1) is 19.4. The van der Waals surface area contributed by atoms with Crippen LogP contribution in [0.5, 0.6) is 0 Å². The average Bonchev–Trinajstić information content (AvgIpc) is 3.26. The van der Waals surface area contributed by atoms with Crippen molar-refractivity contribution in [3.05, 3.63) is 66.0 Å². The topological polar surface area (TPSA) is 73.9 Å². The molecule has 1 aliphatic heterocycles. The van der Waals surface area contributed by atoms with Crippen LogP contribution < -0.4 is 5.32 Å². The van der Waals surface area contributed by atoms with Crippen LogP contribution in [0.2, 0.25) is 0 Å². The van der Waals surface area contributed by atoms with Crippen LogP contribution >= 0.6 is 0 Å². The predicted molar refractivity (Wildman–Crippen MR) is 115 cm³/mol. The largest absolute Gasteiger partial charge is 0.368 e. The number of piperidine rings is 1. The maximum atomic E-state index is 13.5. The Hall–Kier alpha value is -3.55.